The molecule has 0 N–H and O–H groups in total. The number of hydrogen-bond acceptors (Lipinski definition) is 3. The molecule has 0 bridgehead atoms. The molecule has 0 atom stereocenters. The molecule has 0 amide bonds. The lowest BCUT2D eigenvalue weighted by molar-refractivity contribution is -0.137. The lowest BCUT2D eigenvalue weighted by Crippen LogP contribution is -2.06. The Morgan fingerprint density at radius 3 is 2.94 bits per heavy atom. The number of carbonyl (C=O) groups excluding carboxylic acids is 1. The second-order valence-electron chi connectivity index (χ2n) is 3.47. The Morgan fingerprint density at radius 1 is 1.59 bits per heavy atom. The van der Waals surface area contributed by atoms with Crippen LogP contribution in [0.4, 0.5) is 0 Å². The molecule has 0 aliphatic carbocycles. The van der Waals surface area contributed by atoms with E-state index in [9.17, 15) is 4.79 Å². The summed E-state index contributed by atoms with van der Waals surface area (Å²) in [4.78, 5) is 11.5. The highest BCUT2D eigenvalue weighted by atomic mass is 16.5. The number of esters is 1. The van der Waals surface area contributed by atoms with Gasteiger partial charge in [0.2, 0.25) is 0 Å². The van der Waals surface area contributed by atoms with E-state index in [2.05, 4.69) is 6.58 Å². The largest absolute Gasteiger partial charge is 0.457 e. The average molecular weight is 227 g/mol. The maximum Gasteiger partial charge on any atom is 0.349 e. The molecule has 0 fully saturated rings. The minimum absolute atomic E-state index is 0.0162. The number of rotatable bonds is 4. The zero-order chi connectivity index (χ0) is 12.7. The number of hydrogen-bond donors (Lipinski definition) is 0. The van der Waals surface area contributed by atoms with Gasteiger partial charge in [0.25, 0.3) is 0 Å². The molecule has 0 spiro atoms. The van der Waals surface area contributed by atoms with Crippen LogP contribution in [-0.2, 0) is 9.53 Å². The molecule has 86 valence electrons. The fourth-order valence-electron chi connectivity index (χ4n) is 1.28. The molecule has 3 nitrogen and oxygen atoms in total. The lowest BCUT2D eigenvalue weighted by atomic mass is 10.1. The van der Waals surface area contributed by atoms with E-state index >= 15 is 0 Å². The molecule has 1 rings (SSSR count). The maximum atomic E-state index is 11.5. The Morgan fingerprint density at radius 2 is 2.35 bits per heavy atom. The lowest BCUT2D eigenvalue weighted by Gasteiger charge is -2.00. The average Bonchev–Trinajstić information content (AvgIpc) is 2.33. The molecule has 1 aromatic rings. The van der Waals surface area contributed by atoms with Crippen molar-refractivity contribution in [3.63, 3.8) is 0 Å². The van der Waals surface area contributed by atoms with Gasteiger partial charge in [-0.25, -0.2) is 4.79 Å². The third-order valence-corrected chi connectivity index (χ3v) is 2.03. The van der Waals surface area contributed by atoms with Gasteiger partial charge in [-0.1, -0.05) is 42.5 Å². The van der Waals surface area contributed by atoms with E-state index in [4.69, 9.17) is 10.00 Å². The van der Waals surface area contributed by atoms with Crippen molar-refractivity contribution in [1.29, 1.82) is 5.26 Å². The molecule has 0 unspecified atom stereocenters. The quantitative estimate of drug-likeness (QED) is 0.344. The molecule has 0 saturated heterocycles. The Bertz CT molecular complexity index is 495. The van der Waals surface area contributed by atoms with Crippen molar-refractivity contribution in [1.82, 2.24) is 0 Å². The summed E-state index contributed by atoms with van der Waals surface area (Å²) in [7, 11) is 0. The molecule has 0 heterocycles. The Balaban J connectivity index is 2.91. The highest BCUT2D eigenvalue weighted by Crippen LogP contribution is 2.10. The van der Waals surface area contributed by atoms with Crippen molar-refractivity contribution < 1.29 is 9.53 Å². The van der Waals surface area contributed by atoms with Gasteiger partial charge in [-0.15, -0.1) is 0 Å². The van der Waals surface area contributed by atoms with E-state index in [1.54, 1.807) is 0 Å². The highest BCUT2D eigenvalue weighted by molar-refractivity contribution is 5.97. The van der Waals surface area contributed by atoms with Crippen molar-refractivity contribution in [3.8, 4) is 6.07 Å². The smallest absolute Gasteiger partial charge is 0.349 e. The van der Waals surface area contributed by atoms with E-state index < -0.39 is 5.97 Å². The van der Waals surface area contributed by atoms with Crippen LogP contribution >= 0.6 is 0 Å². The summed E-state index contributed by atoms with van der Waals surface area (Å²) >= 11 is 0. The molecule has 0 aromatic heterocycles. The topological polar surface area (TPSA) is 50.1 Å². The van der Waals surface area contributed by atoms with E-state index in [1.807, 2.05) is 37.3 Å². The molecular weight excluding hydrogens is 214 g/mol. The number of ether oxygens (including phenoxy) is 1. The summed E-state index contributed by atoms with van der Waals surface area (Å²) in [6, 6.07) is 9.35. The van der Waals surface area contributed by atoms with Crippen LogP contribution in [0.15, 0.2) is 42.5 Å². The molecule has 0 aliphatic rings. The van der Waals surface area contributed by atoms with Gasteiger partial charge in [-0.3, -0.25) is 0 Å². The standard InChI is InChI=1S/C14H13NO2/c1-3-7-17-14(16)13(10-15)9-12-6-4-5-11(2)8-12/h3-6,8-9H,1,7H2,2H3. The van der Waals surface area contributed by atoms with Crippen LogP contribution in [0.25, 0.3) is 6.08 Å². The molecule has 0 radical (unpaired) electrons. The molecular formula is C14H13NO2. The van der Waals surface area contributed by atoms with Crippen LogP contribution in [0, 0.1) is 18.3 Å². The fraction of sp³-hybridized carbons (Fsp3) is 0.143. The normalized spacial score (nSPS) is 10.5. The minimum Gasteiger partial charge on any atom is -0.457 e. The van der Waals surface area contributed by atoms with Gasteiger partial charge in [-0.2, -0.15) is 5.26 Å². The van der Waals surface area contributed by atoms with Gasteiger partial charge < -0.3 is 4.74 Å². The third-order valence-electron chi connectivity index (χ3n) is 2.03. The van der Waals surface area contributed by atoms with Crippen LogP contribution in [0.3, 0.4) is 0 Å². The first kappa shape index (κ1) is 12.7. The minimum atomic E-state index is -0.631. The van der Waals surface area contributed by atoms with Crippen LogP contribution in [-0.4, -0.2) is 12.6 Å². The van der Waals surface area contributed by atoms with Crippen LogP contribution < -0.4 is 0 Å². The van der Waals surface area contributed by atoms with Crippen molar-refractivity contribution in [2.75, 3.05) is 6.61 Å². The highest BCUT2D eigenvalue weighted by Gasteiger charge is 2.09. The summed E-state index contributed by atoms with van der Waals surface area (Å²) in [5, 5.41) is 8.88. The van der Waals surface area contributed by atoms with E-state index in [0.29, 0.717) is 0 Å². The first-order valence-corrected chi connectivity index (χ1v) is 5.14. The maximum absolute atomic E-state index is 11.5. The first-order chi connectivity index (χ1) is 8.17. The second kappa shape index (κ2) is 6.29. The predicted octanol–water partition coefficient (Wildman–Crippen LogP) is 2.63. The van der Waals surface area contributed by atoms with Gasteiger partial charge >= 0.3 is 5.97 Å². The van der Waals surface area contributed by atoms with Gasteiger partial charge in [0.1, 0.15) is 18.2 Å². The van der Waals surface area contributed by atoms with Crippen molar-refractivity contribution in [3.05, 3.63) is 53.6 Å². The zero-order valence-electron chi connectivity index (χ0n) is 9.64. The third kappa shape index (κ3) is 3.96. The molecule has 0 aliphatic heterocycles. The van der Waals surface area contributed by atoms with E-state index in [-0.39, 0.29) is 12.2 Å². The number of aryl methyl sites for hydroxylation is 1. The number of nitrogens with zero attached hydrogens (tertiary/aromatic N) is 1. The van der Waals surface area contributed by atoms with Gasteiger partial charge in [0.15, 0.2) is 0 Å². The molecule has 1 aromatic carbocycles. The summed E-state index contributed by atoms with van der Waals surface area (Å²) in [5.74, 6) is -0.631. The summed E-state index contributed by atoms with van der Waals surface area (Å²) < 4.78 is 4.80. The van der Waals surface area contributed by atoms with Crippen LogP contribution in [0.5, 0.6) is 0 Å². The van der Waals surface area contributed by atoms with Crippen molar-refractivity contribution in [2.45, 2.75) is 6.92 Å². The first-order valence-electron chi connectivity index (χ1n) is 5.14. The number of nitriles is 1. The summed E-state index contributed by atoms with van der Waals surface area (Å²) in [5.41, 5.74) is 1.85. The predicted molar refractivity (Wildman–Crippen MR) is 65.9 cm³/mol. The second-order valence-corrected chi connectivity index (χ2v) is 3.47. The van der Waals surface area contributed by atoms with Gasteiger partial charge in [-0.05, 0) is 18.6 Å². The van der Waals surface area contributed by atoms with E-state index in [1.165, 1.54) is 12.2 Å². The van der Waals surface area contributed by atoms with Crippen molar-refractivity contribution in [2.24, 2.45) is 0 Å². The Kier molecular flexibility index (Phi) is 4.71. The van der Waals surface area contributed by atoms with Gasteiger partial charge in [0, 0.05) is 0 Å². The molecule has 0 saturated carbocycles. The van der Waals surface area contributed by atoms with E-state index in [0.717, 1.165) is 11.1 Å². The van der Waals surface area contributed by atoms with Crippen molar-refractivity contribution >= 4 is 12.0 Å². The fourth-order valence-corrected chi connectivity index (χ4v) is 1.28. The van der Waals surface area contributed by atoms with Crippen LogP contribution in [0.1, 0.15) is 11.1 Å². The number of carbonyl (C=O) groups is 1. The van der Waals surface area contributed by atoms with Crippen LogP contribution in [0.2, 0.25) is 0 Å². The SMILES string of the molecule is C=CCOC(=O)C(C#N)=Cc1cccc(C)c1. The monoisotopic (exact) mass is 227 g/mol. The number of benzene rings is 1. The summed E-state index contributed by atoms with van der Waals surface area (Å²) in [6.45, 7) is 5.48. The molecule has 17 heavy (non-hydrogen) atoms. The molecule has 3 heteroatoms. The summed E-state index contributed by atoms with van der Waals surface area (Å²) in [6.07, 6.45) is 2.97. The zero-order valence-corrected chi connectivity index (χ0v) is 9.64. The van der Waals surface area contributed by atoms with Gasteiger partial charge in [0.05, 0.1) is 0 Å². The Labute approximate surface area is 101 Å². The Hall–Kier alpha value is -2.34.